The molecule has 2 N–H and O–H groups in total. The van der Waals surface area contributed by atoms with E-state index in [1.54, 1.807) is 0 Å². The highest BCUT2D eigenvalue weighted by molar-refractivity contribution is 5.97. The monoisotopic (exact) mass is 327 g/mol. The Kier molecular flexibility index (Phi) is 5.62. The zero-order valence-electron chi connectivity index (χ0n) is 13.1. The van der Waals surface area contributed by atoms with Crippen molar-refractivity contribution in [3.63, 3.8) is 0 Å². The van der Waals surface area contributed by atoms with Gasteiger partial charge in [0.15, 0.2) is 5.84 Å². The molecule has 0 radical (unpaired) electrons. The average molecular weight is 327 g/mol. The second kappa shape index (κ2) is 7.87. The lowest BCUT2D eigenvalue weighted by Gasteiger charge is -2.11. The minimum atomic E-state index is -0.511. The van der Waals surface area contributed by atoms with Gasteiger partial charge in [-0.2, -0.15) is 0 Å². The normalized spacial score (nSPS) is 12.5. The molecule has 0 saturated carbocycles. The molecule has 7 heteroatoms. The van der Waals surface area contributed by atoms with Gasteiger partial charge in [-0.05, 0) is 24.1 Å². The van der Waals surface area contributed by atoms with E-state index in [1.807, 2.05) is 37.3 Å². The second-order valence-corrected chi connectivity index (χ2v) is 5.06. The van der Waals surface area contributed by atoms with Gasteiger partial charge in [0.1, 0.15) is 0 Å². The highest BCUT2D eigenvalue weighted by Crippen LogP contribution is 2.21. The van der Waals surface area contributed by atoms with Crippen molar-refractivity contribution in [2.24, 2.45) is 10.9 Å². The van der Waals surface area contributed by atoms with Gasteiger partial charge in [0.2, 0.25) is 0 Å². The first kappa shape index (κ1) is 17.1. The van der Waals surface area contributed by atoms with Crippen LogP contribution in [0.3, 0.4) is 0 Å². The topological polar surface area (TPSA) is 108 Å². The van der Waals surface area contributed by atoms with Crippen molar-refractivity contribution in [2.75, 3.05) is 0 Å². The van der Waals surface area contributed by atoms with E-state index in [9.17, 15) is 14.9 Å². The van der Waals surface area contributed by atoms with Crippen molar-refractivity contribution in [3.05, 3.63) is 75.8 Å². The summed E-state index contributed by atoms with van der Waals surface area (Å²) in [6, 6.07) is 14.7. The number of nitro benzene ring substituents is 1. The van der Waals surface area contributed by atoms with E-state index < -0.39 is 16.8 Å². The molecule has 0 amide bonds. The van der Waals surface area contributed by atoms with Gasteiger partial charge in [-0.1, -0.05) is 42.4 Å². The second-order valence-electron chi connectivity index (χ2n) is 5.06. The third kappa shape index (κ3) is 4.16. The van der Waals surface area contributed by atoms with Crippen LogP contribution in [0.25, 0.3) is 0 Å². The summed E-state index contributed by atoms with van der Waals surface area (Å²) in [6.07, 6.45) is 0.565. The number of nitrogens with two attached hydrogens (primary N) is 1. The number of nitro groups is 1. The summed E-state index contributed by atoms with van der Waals surface area (Å²) in [5, 5.41) is 14.3. The smallest absolute Gasteiger partial charge is 0.342 e. The van der Waals surface area contributed by atoms with E-state index in [0.717, 1.165) is 5.56 Å². The van der Waals surface area contributed by atoms with Crippen LogP contribution in [0.4, 0.5) is 5.69 Å². The minimum Gasteiger partial charge on any atom is -0.380 e. The Balaban J connectivity index is 2.08. The Bertz CT molecular complexity index is 742. The van der Waals surface area contributed by atoms with Crippen molar-refractivity contribution in [3.8, 4) is 0 Å². The van der Waals surface area contributed by atoms with Crippen molar-refractivity contribution >= 4 is 17.5 Å². The number of amidine groups is 1. The number of oxime groups is 1. The first-order valence-corrected chi connectivity index (χ1v) is 7.37. The standard InChI is InChI=1S/C17H17N3O4/c1-2-15(12-6-4-3-5-7-12)17(21)24-19-16(18)13-8-10-14(11-9-13)20(22)23/h3-11,15H,2H2,1H3,(H2,18,19). The van der Waals surface area contributed by atoms with E-state index in [0.29, 0.717) is 12.0 Å². The molecule has 0 heterocycles. The molecular formula is C17H17N3O4. The number of benzene rings is 2. The van der Waals surface area contributed by atoms with Crippen LogP contribution in [0.2, 0.25) is 0 Å². The third-order valence-electron chi connectivity index (χ3n) is 3.50. The molecule has 1 unspecified atom stereocenters. The van der Waals surface area contributed by atoms with Gasteiger partial charge in [0, 0.05) is 17.7 Å². The number of hydrogen-bond acceptors (Lipinski definition) is 5. The van der Waals surface area contributed by atoms with Crippen LogP contribution in [0.5, 0.6) is 0 Å². The Morgan fingerprint density at radius 2 is 1.83 bits per heavy atom. The van der Waals surface area contributed by atoms with Crippen LogP contribution in [0.15, 0.2) is 59.8 Å². The number of rotatable bonds is 6. The van der Waals surface area contributed by atoms with Crippen LogP contribution >= 0.6 is 0 Å². The molecule has 0 bridgehead atoms. The fourth-order valence-corrected chi connectivity index (χ4v) is 2.19. The molecule has 124 valence electrons. The van der Waals surface area contributed by atoms with Crippen molar-refractivity contribution in [2.45, 2.75) is 19.3 Å². The number of non-ortho nitro benzene ring substituents is 1. The molecule has 2 rings (SSSR count). The summed E-state index contributed by atoms with van der Waals surface area (Å²) in [6.45, 7) is 1.88. The molecule has 2 aromatic carbocycles. The Morgan fingerprint density at radius 3 is 2.38 bits per heavy atom. The predicted octanol–water partition coefficient (Wildman–Crippen LogP) is 2.95. The van der Waals surface area contributed by atoms with Crippen LogP contribution in [0, 0.1) is 10.1 Å². The maximum atomic E-state index is 12.2. The van der Waals surface area contributed by atoms with Crippen molar-refractivity contribution in [1.29, 1.82) is 0 Å². The van der Waals surface area contributed by atoms with Gasteiger partial charge in [0.05, 0.1) is 10.8 Å². The maximum Gasteiger partial charge on any atom is 0.342 e. The van der Waals surface area contributed by atoms with Crippen LogP contribution in [0.1, 0.15) is 30.4 Å². The summed E-state index contributed by atoms with van der Waals surface area (Å²) in [4.78, 5) is 27.2. The van der Waals surface area contributed by atoms with Crippen LogP contribution < -0.4 is 5.73 Å². The first-order valence-electron chi connectivity index (χ1n) is 7.37. The molecule has 24 heavy (non-hydrogen) atoms. The zero-order valence-corrected chi connectivity index (χ0v) is 13.1. The first-order chi connectivity index (χ1) is 11.5. The maximum absolute atomic E-state index is 12.2. The Hall–Kier alpha value is -3.22. The number of hydrogen-bond donors (Lipinski definition) is 1. The fraction of sp³-hybridized carbons (Fsp3) is 0.176. The van der Waals surface area contributed by atoms with E-state index in [2.05, 4.69) is 5.16 Å². The molecule has 1 atom stereocenters. The van der Waals surface area contributed by atoms with Crippen LogP contribution in [-0.4, -0.2) is 16.7 Å². The van der Waals surface area contributed by atoms with Crippen molar-refractivity contribution < 1.29 is 14.6 Å². The lowest BCUT2D eigenvalue weighted by Crippen LogP contribution is -2.18. The van der Waals surface area contributed by atoms with E-state index >= 15 is 0 Å². The van der Waals surface area contributed by atoms with Gasteiger partial charge < -0.3 is 10.6 Å². The van der Waals surface area contributed by atoms with Gasteiger partial charge in [-0.25, -0.2) is 4.79 Å². The highest BCUT2D eigenvalue weighted by Gasteiger charge is 2.20. The van der Waals surface area contributed by atoms with E-state index in [4.69, 9.17) is 10.6 Å². The minimum absolute atomic E-state index is 0.0267. The number of carbonyl (C=O) groups excluding carboxylic acids is 1. The molecule has 0 spiro atoms. The SMILES string of the molecule is CCC(C(=O)ON=C(N)c1ccc([N+](=O)[O-])cc1)c1ccccc1. The number of carbonyl (C=O) groups is 1. The molecule has 0 saturated heterocycles. The summed E-state index contributed by atoms with van der Waals surface area (Å²) in [5.41, 5.74) is 6.97. The molecule has 0 fully saturated rings. The molecule has 0 aromatic heterocycles. The fourth-order valence-electron chi connectivity index (χ4n) is 2.19. The van der Waals surface area contributed by atoms with Gasteiger partial charge in [0.25, 0.3) is 5.69 Å². The molecule has 2 aromatic rings. The Labute approximate surface area is 138 Å². The van der Waals surface area contributed by atoms with Crippen molar-refractivity contribution in [1.82, 2.24) is 0 Å². The zero-order chi connectivity index (χ0) is 17.5. The Morgan fingerprint density at radius 1 is 1.21 bits per heavy atom. The quantitative estimate of drug-likeness (QED) is 0.288. The van der Waals surface area contributed by atoms with Gasteiger partial charge >= 0.3 is 5.97 Å². The summed E-state index contributed by atoms with van der Waals surface area (Å²) >= 11 is 0. The highest BCUT2D eigenvalue weighted by atomic mass is 16.7. The average Bonchev–Trinajstić information content (AvgIpc) is 2.61. The summed E-state index contributed by atoms with van der Waals surface area (Å²) in [5.74, 6) is -0.964. The third-order valence-corrected chi connectivity index (χ3v) is 3.50. The van der Waals surface area contributed by atoms with E-state index in [1.165, 1.54) is 24.3 Å². The molecular weight excluding hydrogens is 310 g/mol. The van der Waals surface area contributed by atoms with Gasteiger partial charge in [-0.3, -0.25) is 10.1 Å². The molecule has 0 aliphatic rings. The lowest BCUT2D eigenvalue weighted by molar-refractivity contribution is -0.384. The van der Waals surface area contributed by atoms with Gasteiger partial charge in [-0.15, -0.1) is 0 Å². The molecule has 0 aliphatic heterocycles. The predicted molar refractivity (Wildman–Crippen MR) is 89.4 cm³/mol. The number of nitrogens with zero attached hydrogens (tertiary/aromatic N) is 2. The summed E-state index contributed by atoms with van der Waals surface area (Å²) < 4.78 is 0. The molecule has 7 nitrogen and oxygen atoms in total. The largest absolute Gasteiger partial charge is 0.380 e. The molecule has 0 aliphatic carbocycles. The lowest BCUT2D eigenvalue weighted by atomic mass is 9.97. The summed E-state index contributed by atoms with van der Waals surface area (Å²) in [7, 11) is 0. The van der Waals surface area contributed by atoms with Crippen LogP contribution in [-0.2, 0) is 9.63 Å². The van der Waals surface area contributed by atoms with E-state index in [-0.39, 0.29) is 11.5 Å².